The summed E-state index contributed by atoms with van der Waals surface area (Å²) in [6, 6.07) is 14.7. The van der Waals surface area contributed by atoms with E-state index >= 15 is 0 Å². The first-order valence-corrected chi connectivity index (χ1v) is 8.04. The molecule has 4 rings (SSSR count). The summed E-state index contributed by atoms with van der Waals surface area (Å²) in [5, 5.41) is 13.9. The molecule has 4 nitrogen and oxygen atoms in total. The van der Waals surface area contributed by atoms with Gasteiger partial charge in [0.2, 0.25) is 0 Å². The largest absolute Gasteiger partial charge is 0.393 e. The van der Waals surface area contributed by atoms with Crippen LogP contribution in [0.3, 0.4) is 0 Å². The Bertz CT molecular complexity index is 863. The average molecular weight is 323 g/mol. The predicted octanol–water partition coefficient (Wildman–Crippen LogP) is 3.27. The highest BCUT2D eigenvalue weighted by atomic mass is 19.1. The fourth-order valence-corrected chi connectivity index (χ4v) is 3.54. The topological polar surface area (TPSA) is 58.0 Å². The lowest BCUT2D eigenvalue weighted by Gasteiger charge is -2.46. The van der Waals surface area contributed by atoms with Crippen LogP contribution in [0, 0.1) is 5.82 Å². The lowest BCUT2D eigenvalue weighted by atomic mass is 9.62. The van der Waals surface area contributed by atoms with Crippen LogP contribution in [0.5, 0.6) is 0 Å². The van der Waals surface area contributed by atoms with E-state index < -0.39 is 0 Å². The van der Waals surface area contributed by atoms with Crippen LogP contribution in [0.25, 0.3) is 10.9 Å². The van der Waals surface area contributed by atoms with Crippen molar-refractivity contribution < 1.29 is 9.50 Å². The number of benzene rings is 2. The zero-order valence-electron chi connectivity index (χ0n) is 13.1. The Morgan fingerprint density at radius 1 is 1.12 bits per heavy atom. The molecule has 2 aromatic carbocycles. The van der Waals surface area contributed by atoms with E-state index in [1.807, 2.05) is 18.2 Å². The molecule has 1 heterocycles. The van der Waals surface area contributed by atoms with E-state index in [-0.39, 0.29) is 17.3 Å². The van der Waals surface area contributed by atoms with E-state index in [1.54, 1.807) is 6.07 Å². The van der Waals surface area contributed by atoms with E-state index in [9.17, 15) is 9.50 Å². The third-order valence-electron chi connectivity index (χ3n) is 4.83. The zero-order valence-corrected chi connectivity index (χ0v) is 13.1. The normalized spacial score (nSPS) is 23.0. The minimum atomic E-state index is -0.308. The van der Waals surface area contributed by atoms with Crippen molar-refractivity contribution in [3.63, 3.8) is 0 Å². The van der Waals surface area contributed by atoms with Crippen LogP contribution < -0.4 is 5.32 Å². The van der Waals surface area contributed by atoms with Gasteiger partial charge in [-0.05, 0) is 36.6 Å². The van der Waals surface area contributed by atoms with Gasteiger partial charge in [0.25, 0.3) is 0 Å². The zero-order chi connectivity index (χ0) is 16.6. The number of hydrogen-bond donors (Lipinski definition) is 2. The van der Waals surface area contributed by atoms with Gasteiger partial charge < -0.3 is 10.4 Å². The van der Waals surface area contributed by atoms with Crippen molar-refractivity contribution >= 4 is 16.7 Å². The highest BCUT2D eigenvalue weighted by Crippen LogP contribution is 2.44. The number of aliphatic hydroxyl groups is 1. The molecule has 0 saturated heterocycles. The van der Waals surface area contributed by atoms with Crippen molar-refractivity contribution in [2.75, 3.05) is 11.9 Å². The third kappa shape index (κ3) is 2.61. The van der Waals surface area contributed by atoms with Crippen molar-refractivity contribution in [1.82, 2.24) is 9.97 Å². The van der Waals surface area contributed by atoms with Crippen molar-refractivity contribution in [1.29, 1.82) is 0 Å². The maximum Gasteiger partial charge on any atom is 0.137 e. The van der Waals surface area contributed by atoms with Gasteiger partial charge in [-0.1, -0.05) is 30.3 Å². The van der Waals surface area contributed by atoms with E-state index in [1.165, 1.54) is 24.0 Å². The molecule has 1 fully saturated rings. The molecule has 122 valence electrons. The SMILES string of the molecule is OC1CC(CNc2ncnc3ccc(F)cc23)(c2ccccc2)C1. The summed E-state index contributed by atoms with van der Waals surface area (Å²) in [6.07, 6.45) is 2.63. The number of aromatic nitrogens is 2. The number of aliphatic hydroxyl groups excluding tert-OH is 1. The van der Waals surface area contributed by atoms with Crippen molar-refractivity contribution in [2.24, 2.45) is 0 Å². The standard InChI is InChI=1S/C19H18FN3O/c20-14-6-7-17-16(8-14)18(23-12-22-17)21-11-19(9-15(24)10-19)13-4-2-1-3-5-13/h1-8,12,15,24H,9-11H2,(H,21,22,23). The van der Waals surface area contributed by atoms with Gasteiger partial charge in [0.1, 0.15) is 18.0 Å². The molecule has 1 aliphatic carbocycles. The molecule has 0 bridgehead atoms. The molecule has 24 heavy (non-hydrogen) atoms. The van der Waals surface area contributed by atoms with Crippen LogP contribution in [0.1, 0.15) is 18.4 Å². The van der Waals surface area contributed by atoms with Gasteiger partial charge in [-0.15, -0.1) is 0 Å². The molecule has 0 aliphatic heterocycles. The Kier molecular flexibility index (Phi) is 3.65. The molecular weight excluding hydrogens is 305 g/mol. The van der Waals surface area contributed by atoms with Gasteiger partial charge in [-0.2, -0.15) is 0 Å². The lowest BCUT2D eigenvalue weighted by Crippen LogP contribution is -2.49. The Morgan fingerprint density at radius 3 is 2.67 bits per heavy atom. The summed E-state index contributed by atoms with van der Waals surface area (Å²) < 4.78 is 13.6. The molecule has 0 unspecified atom stereocenters. The van der Waals surface area contributed by atoms with Crippen LogP contribution in [-0.2, 0) is 5.41 Å². The summed E-state index contributed by atoms with van der Waals surface area (Å²) >= 11 is 0. The second kappa shape index (κ2) is 5.83. The van der Waals surface area contributed by atoms with E-state index in [0.717, 1.165) is 0 Å². The highest BCUT2D eigenvalue weighted by Gasteiger charge is 2.44. The van der Waals surface area contributed by atoms with E-state index in [0.29, 0.717) is 36.1 Å². The Morgan fingerprint density at radius 2 is 1.92 bits per heavy atom. The first-order valence-electron chi connectivity index (χ1n) is 8.04. The third-order valence-corrected chi connectivity index (χ3v) is 4.83. The molecule has 1 aliphatic rings. The number of fused-ring (bicyclic) bond motifs is 1. The fraction of sp³-hybridized carbons (Fsp3) is 0.263. The molecule has 2 N–H and O–H groups in total. The fourth-order valence-electron chi connectivity index (χ4n) is 3.54. The second-order valence-electron chi connectivity index (χ2n) is 6.45. The second-order valence-corrected chi connectivity index (χ2v) is 6.45. The van der Waals surface area contributed by atoms with Gasteiger partial charge in [0, 0.05) is 17.3 Å². The molecule has 1 aromatic heterocycles. The molecule has 0 atom stereocenters. The molecule has 0 spiro atoms. The monoisotopic (exact) mass is 323 g/mol. The summed E-state index contributed by atoms with van der Waals surface area (Å²) in [4.78, 5) is 8.44. The minimum Gasteiger partial charge on any atom is -0.393 e. The van der Waals surface area contributed by atoms with Gasteiger partial charge in [-0.3, -0.25) is 0 Å². The van der Waals surface area contributed by atoms with Crippen LogP contribution in [0.2, 0.25) is 0 Å². The van der Waals surface area contributed by atoms with Crippen molar-refractivity contribution in [2.45, 2.75) is 24.4 Å². The quantitative estimate of drug-likeness (QED) is 0.774. The molecule has 0 amide bonds. The van der Waals surface area contributed by atoms with Crippen LogP contribution >= 0.6 is 0 Å². The Labute approximate surface area is 139 Å². The average Bonchev–Trinajstić information content (AvgIpc) is 2.58. The van der Waals surface area contributed by atoms with Crippen molar-refractivity contribution in [3.8, 4) is 0 Å². The Hall–Kier alpha value is -2.53. The van der Waals surface area contributed by atoms with E-state index in [4.69, 9.17) is 0 Å². The molecule has 0 radical (unpaired) electrons. The van der Waals surface area contributed by atoms with E-state index in [2.05, 4.69) is 27.4 Å². The number of anilines is 1. The maximum absolute atomic E-state index is 13.6. The predicted molar refractivity (Wildman–Crippen MR) is 91.3 cm³/mol. The Balaban J connectivity index is 1.63. The summed E-state index contributed by atoms with van der Waals surface area (Å²) in [7, 11) is 0. The van der Waals surface area contributed by atoms with Crippen LogP contribution in [0.4, 0.5) is 10.2 Å². The molecule has 3 aromatic rings. The van der Waals surface area contributed by atoms with Gasteiger partial charge in [0.05, 0.1) is 11.6 Å². The van der Waals surface area contributed by atoms with Crippen LogP contribution in [-0.4, -0.2) is 27.7 Å². The number of nitrogens with zero attached hydrogens (tertiary/aromatic N) is 2. The first-order chi connectivity index (χ1) is 11.7. The number of halogens is 1. The van der Waals surface area contributed by atoms with Gasteiger partial charge >= 0.3 is 0 Å². The van der Waals surface area contributed by atoms with Gasteiger partial charge in [0.15, 0.2) is 0 Å². The molecule has 5 heteroatoms. The molecule has 1 saturated carbocycles. The van der Waals surface area contributed by atoms with Gasteiger partial charge in [-0.25, -0.2) is 14.4 Å². The first kappa shape index (κ1) is 15.0. The van der Waals surface area contributed by atoms with Crippen LogP contribution in [0.15, 0.2) is 54.9 Å². The lowest BCUT2D eigenvalue weighted by molar-refractivity contribution is 0.0242. The number of rotatable bonds is 4. The summed E-state index contributed by atoms with van der Waals surface area (Å²) in [5.74, 6) is 0.313. The summed E-state index contributed by atoms with van der Waals surface area (Å²) in [6.45, 7) is 0.636. The van der Waals surface area contributed by atoms with Crippen molar-refractivity contribution in [3.05, 3.63) is 66.2 Å². The molecular formula is C19H18FN3O. The minimum absolute atomic E-state index is 0.120. The summed E-state index contributed by atoms with van der Waals surface area (Å²) in [5.41, 5.74) is 1.79. The number of nitrogens with one attached hydrogen (secondary N) is 1. The maximum atomic E-state index is 13.6. The smallest absolute Gasteiger partial charge is 0.137 e. The highest BCUT2D eigenvalue weighted by molar-refractivity contribution is 5.88. The number of hydrogen-bond acceptors (Lipinski definition) is 4.